The van der Waals surface area contributed by atoms with Crippen molar-refractivity contribution in [1.29, 1.82) is 0 Å². The summed E-state index contributed by atoms with van der Waals surface area (Å²) in [6, 6.07) is 6.61. The minimum absolute atomic E-state index is 0.173. The Kier molecular flexibility index (Phi) is 3.44. The highest BCUT2D eigenvalue weighted by Crippen LogP contribution is 2.21. The van der Waals surface area contributed by atoms with Gasteiger partial charge in [0.25, 0.3) is 0 Å². The number of hydrogen-bond acceptors (Lipinski definition) is 2. The molecule has 0 bridgehead atoms. The fourth-order valence-electron chi connectivity index (χ4n) is 2.07. The summed E-state index contributed by atoms with van der Waals surface area (Å²) in [6.45, 7) is 9.85. The third-order valence-corrected chi connectivity index (χ3v) is 3.28. The van der Waals surface area contributed by atoms with Crippen molar-refractivity contribution >= 4 is 10.9 Å². The molecular weight excluding hydrogens is 222 g/mol. The highest BCUT2D eigenvalue weighted by atomic mass is 15.2. The predicted octanol–water partition coefficient (Wildman–Crippen LogP) is 3.06. The Bertz CT molecular complexity index is 534. The van der Waals surface area contributed by atoms with Gasteiger partial charge in [-0.2, -0.15) is 5.10 Å². The first-order chi connectivity index (χ1) is 8.37. The molecule has 1 N–H and O–H groups in total. The van der Waals surface area contributed by atoms with E-state index >= 15 is 0 Å². The zero-order valence-corrected chi connectivity index (χ0v) is 12.0. The van der Waals surface area contributed by atoms with Crippen molar-refractivity contribution in [2.45, 2.75) is 39.2 Å². The summed E-state index contributed by atoms with van der Waals surface area (Å²) in [4.78, 5) is 0. The van der Waals surface area contributed by atoms with Crippen LogP contribution in [0.3, 0.4) is 0 Å². The van der Waals surface area contributed by atoms with Crippen molar-refractivity contribution in [3.05, 3.63) is 30.0 Å². The number of aromatic nitrogens is 2. The fraction of sp³-hybridized carbons (Fsp3) is 0.533. The molecule has 0 saturated heterocycles. The monoisotopic (exact) mass is 245 g/mol. The first kappa shape index (κ1) is 13.1. The molecule has 0 spiro atoms. The van der Waals surface area contributed by atoms with Crippen LogP contribution in [0.4, 0.5) is 0 Å². The van der Waals surface area contributed by atoms with Crippen LogP contribution in [0.2, 0.25) is 0 Å². The molecule has 0 fully saturated rings. The molecule has 0 aliphatic rings. The van der Waals surface area contributed by atoms with E-state index in [2.05, 4.69) is 56.3 Å². The summed E-state index contributed by atoms with van der Waals surface area (Å²) in [6.07, 6.45) is 1.93. The lowest BCUT2D eigenvalue weighted by molar-refractivity contribution is 0.412. The van der Waals surface area contributed by atoms with Crippen LogP contribution in [0, 0.1) is 0 Å². The fourth-order valence-corrected chi connectivity index (χ4v) is 2.07. The molecule has 0 radical (unpaired) electrons. The SMILES string of the molecule is C[C@H](CNC(C)(C)C)c1ccc2c(cnn2C)c1. The van der Waals surface area contributed by atoms with E-state index in [1.165, 1.54) is 16.5 Å². The average Bonchev–Trinajstić information content (AvgIpc) is 2.66. The van der Waals surface area contributed by atoms with Gasteiger partial charge in [0.05, 0.1) is 11.7 Å². The summed E-state index contributed by atoms with van der Waals surface area (Å²) in [5.74, 6) is 0.508. The van der Waals surface area contributed by atoms with Crippen LogP contribution >= 0.6 is 0 Å². The second kappa shape index (κ2) is 4.73. The Morgan fingerprint density at radius 1 is 1.33 bits per heavy atom. The maximum absolute atomic E-state index is 4.28. The zero-order chi connectivity index (χ0) is 13.3. The topological polar surface area (TPSA) is 29.9 Å². The average molecular weight is 245 g/mol. The van der Waals surface area contributed by atoms with Crippen molar-refractivity contribution in [2.24, 2.45) is 7.05 Å². The third kappa shape index (κ3) is 2.91. The molecule has 2 aromatic rings. The molecule has 1 heterocycles. The van der Waals surface area contributed by atoms with Gasteiger partial charge in [-0.05, 0) is 44.4 Å². The quantitative estimate of drug-likeness (QED) is 0.900. The van der Waals surface area contributed by atoms with Crippen molar-refractivity contribution < 1.29 is 0 Å². The molecule has 3 heteroatoms. The van der Waals surface area contributed by atoms with Gasteiger partial charge in [-0.25, -0.2) is 0 Å². The van der Waals surface area contributed by atoms with Crippen LogP contribution in [-0.4, -0.2) is 21.9 Å². The number of rotatable bonds is 3. The predicted molar refractivity (Wildman–Crippen MR) is 76.9 cm³/mol. The van der Waals surface area contributed by atoms with E-state index in [1.807, 2.05) is 17.9 Å². The molecule has 2 rings (SSSR count). The second-order valence-corrected chi connectivity index (χ2v) is 6.12. The van der Waals surface area contributed by atoms with E-state index in [-0.39, 0.29) is 5.54 Å². The molecule has 1 atom stereocenters. The summed E-state index contributed by atoms with van der Waals surface area (Å²) in [5.41, 5.74) is 2.73. The minimum Gasteiger partial charge on any atom is -0.311 e. The van der Waals surface area contributed by atoms with Gasteiger partial charge in [0.1, 0.15) is 0 Å². The van der Waals surface area contributed by atoms with Gasteiger partial charge in [0, 0.05) is 24.5 Å². The van der Waals surface area contributed by atoms with E-state index in [0.717, 1.165) is 6.54 Å². The van der Waals surface area contributed by atoms with Gasteiger partial charge in [-0.15, -0.1) is 0 Å². The summed E-state index contributed by atoms with van der Waals surface area (Å²) in [5, 5.41) is 9.06. The molecule has 98 valence electrons. The zero-order valence-electron chi connectivity index (χ0n) is 12.0. The number of aryl methyl sites for hydroxylation is 1. The van der Waals surface area contributed by atoms with Gasteiger partial charge in [-0.3, -0.25) is 4.68 Å². The Hall–Kier alpha value is -1.35. The molecule has 0 amide bonds. The molecule has 1 aromatic heterocycles. The standard InChI is InChI=1S/C15H23N3/c1-11(9-16-15(2,3)4)12-6-7-14-13(8-12)10-17-18(14)5/h6-8,10-11,16H,9H2,1-5H3/t11-/m1/s1. The Labute approximate surface area is 109 Å². The first-order valence-electron chi connectivity index (χ1n) is 6.53. The first-order valence-corrected chi connectivity index (χ1v) is 6.53. The lowest BCUT2D eigenvalue weighted by Crippen LogP contribution is -2.38. The molecule has 0 saturated carbocycles. The smallest absolute Gasteiger partial charge is 0.0679 e. The number of hydrogen-bond donors (Lipinski definition) is 1. The van der Waals surface area contributed by atoms with Crippen molar-refractivity contribution in [3.8, 4) is 0 Å². The van der Waals surface area contributed by atoms with E-state index < -0.39 is 0 Å². The Balaban J connectivity index is 2.15. The van der Waals surface area contributed by atoms with Crippen LogP contribution < -0.4 is 5.32 Å². The van der Waals surface area contributed by atoms with Gasteiger partial charge in [0.2, 0.25) is 0 Å². The van der Waals surface area contributed by atoms with Gasteiger partial charge in [-0.1, -0.05) is 13.0 Å². The summed E-state index contributed by atoms with van der Waals surface area (Å²) in [7, 11) is 1.98. The van der Waals surface area contributed by atoms with Gasteiger partial charge >= 0.3 is 0 Å². The maximum Gasteiger partial charge on any atom is 0.0679 e. The lowest BCUT2D eigenvalue weighted by atomic mass is 9.98. The molecule has 1 aromatic carbocycles. The number of benzene rings is 1. The van der Waals surface area contributed by atoms with Crippen LogP contribution in [0.5, 0.6) is 0 Å². The highest BCUT2D eigenvalue weighted by molar-refractivity contribution is 5.79. The number of nitrogens with zero attached hydrogens (tertiary/aromatic N) is 2. The van der Waals surface area contributed by atoms with Crippen molar-refractivity contribution in [1.82, 2.24) is 15.1 Å². The van der Waals surface area contributed by atoms with Gasteiger partial charge in [0.15, 0.2) is 0 Å². The molecular formula is C15H23N3. The summed E-state index contributed by atoms with van der Waals surface area (Å²) >= 11 is 0. The van der Waals surface area contributed by atoms with Crippen LogP contribution in [0.1, 0.15) is 39.2 Å². The maximum atomic E-state index is 4.28. The summed E-state index contributed by atoms with van der Waals surface area (Å²) < 4.78 is 1.91. The van der Waals surface area contributed by atoms with E-state index in [4.69, 9.17) is 0 Å². The number of nitrogens with one attached hydrogen (secondary N) is 1. The normalized spacial score (nSPS) is 14.1. The van der Waals surface area contributed by atoms with Gasteiger partial charge < -0.3 is 5.32 Å². The van der Waals surface area contributed by atoms with E-state index in [1.54, 1.807) is 0 Å². The molecule has 3 nitrogen and oxygen atoms in total. The minimum atomic E-state index is 0.173. The van der Waals surface area contributed by atoms with Crippen LogP contribution in [0.25, 0.3) is 10.9 Å². The second-order valence-electron chi connectivity index (χ2n) is 6.12. The van der Waals surface area contributed by atoms with E-state index in [9.17, 15) is 0 Å². The Morgan fingerprint density at radius 3 is 2.72 bits per heavy atom. The molecule has 0 aliphatic carbocycles. The number of fused-ring (bicyclic) bond motifs is 1. The highest BCUT2D eigenvalue weighted by Gasteiger charge is 2.13. The lowest BCUT2D eigenvalue weighted by Gasteiger charge is -2.23. The van der Waals surface area contributed by atoms with Crippen molar-refractivity contribution in [3.63, 3.8) is 0 Å². The van der Waals surface area contributed by atoms with E-state index in [0.29, 0.717) is 5.92 Å². The largest absolute Gasteiger partial charge is 0.311 e. The van der Waals surface area contributed by atoms with Crippen LogP contribution in [0.15, 0.2) is 24.4 Å². The third-order valence-electron chi connectivity index (χ3n) is 3.28. The van der Waals surface area contributed by atoms with Crippen molar-refractivity contribution in [2.75, 3.05) is 6.54 Å². The Morgan fingerprint density at radius 2 is 2.06 bits per heavy atom. The molecule has 18 heavy (non-hydrogen) atoms. The molecule has 0 unspecified atom stereocenters. The van der Waals surface area contributed by atoms with Crippen LogP contribution in [-0.2, 0) is 7.05 Å². The molecule has 0 aliphatic heterocycles.